The van der Waals surface area contributed by atoms with E-state index >= 15 is 0 Å². The molecular weight excluding hydrogens is 344 g/mol. The van der Waals surface area contributed by atoms with Crippen LogP contribution in [-0.2, 0) is 4.79 Å². The Balaban J connectivity index is 2.04. The molecule has 0 aliphatic carbocycles. The smallest absolute Gasteiger partial charge is 0.293 e. The zero-order valence-corrected chi connectivity index (χ0v) is 16.3. The van der Waals surface area contributed by atoms with Crippen LogP contribution in [0.5, 0.6) is 0 Å². The monoisotopic (exact) mass is 366 g/mol. The number of benzene rings is 1. The van der Waals surface area contributed by atoms with Gasteiger partial charge in [0.15, 0.2) is 0 Å². The standard InChI is InChI=1S/C21H22N2O2S/c1-6-10-22-20(24)19(26-21(22)25)12-17-11-14(3)23(16(17)5)18-9-7-8-13(2)15(18)4/h6-9,11-12H,1,10H2,2-5H3. The third-order valence-electron chi connectivity index (χ3n) is 4.76. The molecule has 0 saturated carbocycles. The van der Waals surface area contributed by atoms with Crippen molar-refractivity contribution in [3.63, 3.8) is 0 Å². The predicted octanol–water partition coefficient (Wildman–Crippen LogP) is 4.93. The summed E-state index contributed by atoms with van der Waals surface area (Å²) in [5.74, 6) is -0.253. The number of rotatable bonds is 4. The van der Waals surface area contributed by atoms with Crippen molar-refractivity contribution in [2.75, 3.05) is 6.54 Å². The maximum Gasteiger partial charge on any atom is 0.293 e. The normalized spacial score (nSPS) is 16.0. The molecule has 0 N–H and O–H groups in total. The van der Waals surface area contributed by atoms with Gasteiger partial charge >= 0.3 is 0 Å². The highest BCUT2D eigenvalue weighted by Crippen LogP contribution is 2.34. The fourth-order valence-corrected chi connectivity index (χ4v) is 4.05. The van der Waals surface area contributed by atoms with Gasteiger partial charge in [0.25, 0.3) is 11.1 Å². The molecule has 0 radical (unpaired) electrons. The van der Waals surface area contributed by atoms with Crippen LogP contribution >= 0.6 is 11.8 Å². The first kappa shape index (κ1) is 18.3. The van der Waals surface area contributed by atoms with Gasteiger partial charge in [0, 0.05) is 23.6 Å². The topological polar surface area (TPSA) is 42.3 Å². The van der Waals surface area contributed by atoms with Crippen molar-refractivity contribution in [3.05, 3.63) is 69.9 Å². The van der Waals surface area contributed by atoms with Gasteiger partial charge in [-0.05, 0) is 74.4 Å². The number of nitrogens with zero attached hydrogens (tertiary/aromatic N) is 2. The van der Waals surface area contributed by atoms with E-state index in [2.05, 4.69) is 56.2 Å². The summed E-state index contributed by atoms with van der Waals surface area (Å²) in [5.41, 5.74) is 6.70. The molecule has 0 spiro atoms. The number of thioether (sulfide) groups is 1. The summed E-state index contributed by atoms with van der Waals surface area (Å²) in [4.78, 5) is 26.1. The Hall–Kier alpha value is -2.53. The molecule has 0 unspecified atom stereocenters. The molecule has 5 heteroatoms. The van der Waals surface area contributed by atoms with Crippen LogP contribution in [-0.4, -0.2) is 27.2 Å². The van der Waals surface area contributed by atoms with Gasteiger partial charge in [0.2, 0.25) is 0 Å². The van der Waals surface area contributed by atoms with Gasteiger partial charge in [0.05, 0.1) is 4.91 Å². The second kappa shape index (κ2) is 7.00. The number of carbonyl (C=O) groups excluding carboxylic acids is 2. The number of aryl methyl sites for hydroxylation is 2. The SMILES string of the molecule is C=CCN1C(=O)SC(=Cc2cc(C)n(-c3cccc(C)c3C)c2C)C1=O. The van der Waals surface area contributed by atoms with E-state index in [0.29, 0.717) is 4.91 Å². The number of amides is 2. The molecule has 0 bridgehead atoms. The molecule has 1 aromatic carbocycles. The average Bonchev–Trinajstić information content (AvgIpc) is 3.01. The minimum absolute atomic E-state index is 0.240. The molecule has 1 saturated heterocycles. The third kappa shape index (κ3) is 3.03. The van der Waals surface area contributed by atoms with E-state index in [-0.39, 0.29) is 17.7 Å². The lowest BCUT2D eigenvalue weighted by atomic mass is 10.1. The maximum atomic E-state index is 12.4. The Bertz CT molecular complexity index is 953. The first-order valence-corrected chi connectivity index (χ1v) is 9.28. The fourth-order valence-electron chi connectivity index (χ4n) is 3.21. The zero-order chi connectivity index (χ0) is 19.0. The highest BCUT2D eigenvalue weighted by molar-refractivity contribution is 8.18. The van der Waals surface area contributed by atoms with Gasteiger partial charge in [-0.15, -0.1) is 6.58 Å². The third-order valence-corrected chi connectivity index (χ3v) is 5.67. The van der Waals surface area contributed by atoms with Gasteiger partial charge in [-0.1, -0.05) is 18.2 Å². The van der Waals surface area contributed by atoms with Crippen LogP contribution in [0, 0.1) is 27.7 Å². The molecule has 2 aromatic rings. The van der Waals surface area contributed by atoms with Gasteiger partial charge < -0.3 is 4.57 Å². The van der Waals surface area contributed by atoms with Gasteiger partial charge in [0.1, 0.15) is 0 Å². The lowest BCUT2D eigenvalue weighted by molar-refractivity contribution is -0.122. The van der Waals surface area contributed by atoms with Crippen LogP contribution in [0.3, 0.4) is 0 Å². The van der Waals surface area contributed by atoms with Crippen molar-refractivity contribution in [1.29, 1.82) is 0 Å². The number of carbonyl (C=O) groups is 2. The van der Waals surface area contributed by atoms with Crippen LogP contribution in [0.2, 0.25) is 0 Å². The Morgan fingerprint density at radius 2 is 1.88 bits per heavy atom. The Morgan fingerprint density at radius 3 is 2.58 bits per heavy atom. The molecule has 0 atom stereocenters. The Kier molecular flexibility index (Phi) is 4.92. The maximum absolute atomic E-state index is 12.4. The van der Waals surface area contributed by atoms with Crippen LogP contribution in [0.15, 0.2) is 41.8 Å². The summed E-state index contributed by atoms with van der Waals surface area (Å²) in [6, 6.07) is 8.31. The van der Waals surface area contributed by atoms with Gasteiger partial charge in [-0.2, -0.15) is 0 Å². The zero-order valence-electron chi connectivity index (χ0n) is 15.5. The van der Waals surface area contributed by atoms with E-state index in [1.165, 1.54) is 16.0 Å². The lowest BCUT2D eigenvalue weighted by Crippen LogP contribution is -2.27. The van der Waals surface area contributed by atoms with Crippen molar-refractivity contribution >= 4 is 29.0 Å². The molecule has 1 aliphatic rings. The Morgan fingerprint density at radius 1 is 1.15 bits per heavy atom. The summed E-state index contributed by atoms with van der Waals surface area (Å²) in [5, 5.41) is -0.246. The quantitative estimate of drug-likeness (QED) is 0.569. The molecule has 26 heavy (non-hydrogen) atoms. The second-order valence-electron chi connectivity index (χ2n) is 6.46. The molecule has 134 valence electrons. The van der Waals surface area contributed by atoms with Gasteiger partial charge in [-0.25, -0.2) is 0 Å². The van der Waals surface area contributed by atoms with Crippen LogP contribution < -0.4 is 0 Å². The van der Waals surface area contributed by atoms with Crippen LogP contribution in [0.25, 0.3) is 11.8 Å². The molecule has 1 fully saturated rings. The van der Waals surface area contributed by atoms with E-state index in [0.717, 1.165) is 34.4 Å². The highest BCUT2D eigenvalue weighted by Gasteiger charge is 2.34. The summed E-state index contributed by atoms with van der Waals surface area (Å²) >= 11 is 0.983. The summed E-state index contributed by atoms with van der Waals surface area (Å²) < 4.78 is 2.20. The van der Waals surface area contributed by atoms with Gasteiger partial charge in [-0.3, -0.25) is 14.5 Å². The van der Waals surface area contributed by atoms with Crippen molar-refractivity contribution in [2.24, 2.45) is 0 Å². The minimum Gasteiger partial charge on any atom is -0.318 e. The first-order chi connectivity index (χ1) is 12.3. The molecule has 1 aliphatic heterocycles. The summed E-state index contributed by atoms with van der Waals surface area (Å²) in [6.07, 6.45) is 3.38. The summed E-state index contributed by atoms with van der Waals surface area (Å²) in [6.45, 7) is 12.1. The van der Waals surface area contributed by atoms with Crippen LogP contribution in [0.1, 0.15) is 28.1 Å². The molecule has 1 aromatic heterocycles. The van der Waals surface area contributed by atoms with Crippen molar-refractivity contribution in [1.82, 2.24) is 9.47 Å². The molecule has 3 rings (SSSR count). The van der Waals surface area contributed by atoms with Crippen LogP contribution in [0.4, 0.5) is 4.79 Å². The molecule has 4 nitrogen and oxygen atoms in total. The second-order valence-corrected chi connectivity index (χ2v) is 7.46. The van der Waals surface area contributed by atoms with E-state index in [1.807, 2.05) is 13.0 Å². The van der Waals surface area contributed by atoms with Crippen molar-refractivity contribution in [3.8, 4) is 5.69 Å². The average molecular weight is 366 g/mol. The van der Waals surface area contributed by atoms with E-state index in [4.69, 9.17) is 0 Å². The van der Waals surface area contributed by atoms with Crippen molar-refractivity contribution in [2.45, 2.75) is 27.7 Å². The van der Waals surface area contributed by atoms with Crippen molar-refractivity contribution < 1.29 is 9.59 Å². The minimum atomic E-state index is -0.253. The Labute approximate surface area is 158 Å². The first-order valence-electron chi connectivity index (χ1n) is 8.47. The van der Waals surface area contributed by atoms with E-state index in [9.17, 15) is 9.59 Å². The molecule has 2 amide bonds. The highest BCUT2D eigenvalue weighted by atomic mass is 32.2. The predicted molar refractivity (Wildman–Crippen MR) is 108 cm³/mol. The molecular formula is C21H22N2O2S. The fraction of sp³-hybridized carbons (Fsp3) is 0.238. The van der Waals surface area contributed by atoms with E-state index in [1.54, 1.807) is 6.08 Å². The largest absolute Gasteiger partial charge is 0.318 e. The summed E-state index contributed by atoms with van der Waals surface area (Å²) in [7, 11) is 0. The lowest BCUT2D eigenvalue weighted by Gasteiger charge is -2.14. The molecule has 2 heterocycles. The number of hydrogen-bond donors (Lipinski definition) is 0. The number of aromatic nitrogens is 1. The number of hydrogen-bond acceptors (Lipinski definition) is 3. The van der Waals surface area contributed by atoms with E-state index < -0.39 is 0 Å². The number of imide groups is 1.